The Balaban J connectivity index is 1.92. The third kappa shape index (κ3) is 4.70. The van der Waals surface area contributed by atoms with Gasteiger partial charge in [0.15, 0.2) is 0 Å². The van der Waals surface area contributed by atoms with Crippen molar-refractivity contribution in [3.63, 3.8) is 0 Å². The summed E-state index contributed by atoms with van der Waals surface area (Å²) in [6.45, 7) is 7.87. The fourth-order valence-corrected chi connectivity index (χ4v) is 1.83. The molecule has 0 unspecified atom stereocenters. The van der Waals surface area contributed by atoms with E-state index >= 15 is 0 Å². The second-order valence-corrected chi connectivity index (χ2v) is 6.06. The molecule has 1 heterocycles. The van der Waals surface area contributed by atoms with Crippen LogP contribution in [0.2, 0.25) is 0 Å². The summed E-state index contributed by atoms with van der Waals surface area (Å²) < 4.78 is 7.58. The van der Waals surface area contributed by atoms with Gasteiger partial charge in [0.25, 0.3) is 0 Å². The third-order valence-corrected chi connectivity index (χ3v) is 2.89. The number of benzene rings is 1. The van der Waals surface area contributed by atoms with E-state index in [-0.39, 0.29) is 5.54 Å². The Labute approximate surface area is 120 Å². The van der Waals surface area contributed by atoms with Crippen LogP contribution in [-0.2, 0) is 20.2 Å². The summed E-state index contributed by atoms with van der Waals surface area (Å²) in [4.78, 5) is 0. The first-order valence-corrected chi connectivity index (χ1v) is 6.87. The van der Waals surface area contributed by atoms with Crippen molar-refractivity contribution in [1.82, 2.24) is 15.1 Å². The van der Waals surface area contributed by atoms with Crippen molar-refractivity contribution in [2.45, 2.75) is 39.5 Å². The van der Waals surface area contributed by atoms with Gasteiger partial charge in [-0.2, -0.15) is 5.10 Å². The van der Waals surface area contributed by atoms with E-state index in [2.05, 4.69) is 43.3 Å². The Hall–Kier alpha value is -1.81. The SMILES string of the molecule is Cn1cc(COc2cccc(CNC(C)(C)C)c2)cn1. The predicted molar refractivity (Wildman–Crippen MR) is 80.6 cm³/mol. The standard InChI is InChI=1S/C16H23N3O/c1-16(2,3)17-9-13-6-5-7-15(8-13)20-12-14-10-18-19(4)11-14/h5-8,10-11,17H,9,12H2,1-4H3. The number of ether oxygens (including phenoxy) is 1. The van der Waals surface area contributed by atoms with Gasteiger partial charge in [-0.3, -0.25) is 4.68 Å². The van der Waals surface area contributed by atoms with Crippen LogP contribution >= 0.6 is 0 Å². The molecule has 2 aromatic rings. The van der Waals surface area contributed by atoms with Crippen molar-refractivity contribution in [2.24, 2.45) is 7.05 Å². The Morgan fingerprint density at radius 3 is 2.70 bits per heavy atom. The van der Waals surface area contributed by atoms with Crippen LogP contribution in [0.15, 0.2) is 36.7 Å². The summed E-state index contributed by atoms with van der Waals surface area (Å²) in [5.74, 6) is 0.891. The summed E-state index contributed by atoms with van der Waals surface area (Å²) in [6, 6.07) is 8.19. The predicted octanol–water partition coefficient (Wildman–Crippen LogP) is 2.89. The van der Waals surface area contributed by atoms with Gasteiger partial charge in [-0.15, -0.1) is 0 Å². The van der Waals surface area contributed by atoms with Gasteiger partial charge in [0.2, 0.25) is 0 Å². The first kappa shape index (κ1) is 14.6. The van der Waals surface area contributed by atoms with E-state index in [1.54, 1.807) is 4.68 Å². The fourth-order valence-electron chi connectivity index (χ4n) is 1.83. The lowest BCUT2D eigenvalue weighted by molar-refractivity contribution is 0.305. The molecule has 0 bridgehead atoms. The molecule has 0 spiro atoms. The maximum absolute atomic E-state index is 5.80. The second kappa shape index (κ2) is 6.09. The minimum Gasteiger partial charge on any atom is -0.489 e. The largest absolute Gasteiger partial charge is 0.489 e. The smallest absolute Gasteiger partial charge is 0.120 e. The van der Waals surface area contributed by atoms with Crippen molar-refractivity contribution in [3.8, 4) is 5.75 Å². The molecule has 0 amide bonds. The van der Waals surface area contributed by atoms with E-state index in [0.29, 0.717) is 6.61 Å². The molecule has 0 fully saturated rings. The molecule has 1 aromatic heterocycles. The van der Waals surface area contributed by atoms with E-state index in [9.17, 15) is 0 Å². The molecular weight excluding hydrogens is 250 g/mol. The highest BCUT2D eigenvalue weighted by molar-refractivity contribution is 5.28. The molecule has 4 heteroatoms. The highest BCUT2D eigenvalue weighted by atomic mass is 16.5. The van der Waals surface area contributed by atoms with Crippen LogP contribution < -0.4 is 10.1 Å². The van der Waals surface area contributed by atoms with Crippen molar-refractivity contribution >= 4 is 0 Å². The lowest BCUT2D eigenvalue weighted by Gasteiger charge is -2.20. The fraction of sp³-hybridized carbons (Fsp3) is 0.438. The minimum atomic E-state index is 0.118. The van der Waals surface area contributed by atoms with E-state index in [0.717, 1.165) is 17.9 Å². The molecule has 0 aliphatic rings. The molecular formula is C16H23N3O. The maximum atomic E-state index is 5.80. The number of aromatic nitrogens is 2. The van der Waals surface area contributed by atoms with Crippen LogP contribution in [0.25, 0.3) is 0 Å². The van der Waals surface area contributed by atoms with Crippen LogP contribution in [0, 0.1) is 0 Å². The number of nitrogens with one attached hydrogen (secondary N) is 1. The highest BCUT2D eigenvalue weighted by Crippen LogP contribution is 2.15. The average molecular weight is 273 g/mol. The number of hydrogen-bond acceptors (Lipinski definition) is 3. The summed E-state index contributed by atoms with van der Waals surface area (Å²) in [5.41, 5.74) is 2.42. The minimum absolute atomic E-state index is 0.118. The molecule has 1 N–H and O–H groups in total. The second-order valence-electron chi connectivity index (χ2n) is 6.06. The van der Waals surface area contributed by atoms with Gasteiger partial charge in [0.05, 0.1) is 6.20 Å². The monoisotopic (exact) mass is 273 g/mol. The van der Waals surface area contributed by atoms with Crippen molar-refractivity contribution in [1.29, 1.82) is 0 Å². The third-order valence-electron chi connectivity index (χ3n) is 2.89. The summed E-state index contributed by atoms with van der Waals surface area (Å²) >= 11 is 0. The molecule has 0 aliphatic carbocycles. The average Bonchev–Trinajstić information content (AvgIpc) is 2.80. The van der Waals surface area contributed by atoms with Gasteiger partial charge in [-0.1, -0.05) is 12.1 Å². The molecule has 4 nitrogen and oxygen atoms in total. The molecule has 108 valence electrons. The van der Waals surface area contributed by atoms with Gasteiger partial charge in [-0.25, -0.2) is 0 Å². The van der Waals surface area contributed by atoms with Crippen molar-refractivity contribution < 1.29 is 4.74 Å². The first-order valence-electron chi connectivity index (χ1n) is 6.87. The molecule has 20 heavy (non-hydrogen) atoms. The molecule has 2 rings (SSSR count). The lowest BCUT2D eigenvalue weighted by Crippen LogP contribution is -2.35. The van der Waals surface area contributed by atoms with Crippen molar-refractivity contribution in [3.05, 3.63) is 47.8 Å². The zero-order valence-electron chi connectivity index (χ0n) is 12.7. The normalized spacial score (nSPS) is 11.6. The summed E-state index contributed by atoms with van der Waals surface area (Å²) in [5, 5.41) is 7.60. The van der Waals surface area contributed by atoms with Gasteiger partial charge in [0, 0.05) is 30.9 Å². The van der Waals surface area contributed by atoms with Crippen LogP contribution in [0.3, 0.4) is 0 Å². The van der Waals surface area contributed by atoms with E-state index in [1.165, 1.54) is 5.56 Å². The van der Waals surface area contributed by atoms with Crippen LogP contribution in [0.4, 0.5) is 0 Å². The Kier molecular flexibility index (Phi) is 4.45. The highest BCUT2D eigenvalue weighted by Gasteiger charge is 2.08. The van der Waals surface area contributed by atoms with E-state index < -0.39 is 0 Å². The Morgan fingerprint density at radius 2 is 2.05 bits per heavy atom. The number of nitrogens with zero attached hydrogens (tertiary/aromatic N) is 2. The van der Waals surface area contributed by atoms with E-state index in [1.807, 2.05) is 31.6 Å². The van der Waals surface area contributed by atoms with Crippen LogP contribution in [0.1, 0.15) is 31.9 Å². The van der Waals surface area contributed by atoms with Crippen molar-refractivity contribution in [2.75, 3.05) is 0 Å². The molecule has 0 aliphatic heterocycles. The van der Waals surface area contributed by atoms with E-state index in [4.69, 9.17) is 4.74 Å². The number of rotatable bonds is 5. The molecule has 0 saturated carbocycles. The molecule has 1 aromatic carbocycles. The zero-order chi connectivity index (χ0) is 14.6. The topological polar surface area (TPSA) is 39.1 Å². The Morgan fingerprint density at radius 1 is 1.25 bits per heavy atom. The molecule has 0 saturated heterocycles. The van der Waals surface area contributed by atoms with Crippen LogP contribution in [-0.4, -0.2) is 15.3 Å². The van der Waals surface area contributed by atoms with Gasteiger partial charge in [-0.05, 0) is 38.5 Å². The Bertz CT molecular complexity index is 555. The lowest BCUT2D eigenvalue weighted by atomic mass is 10.1. The van der Waals surface area contributed by atoms with Gasteiger partial charge >= 0.3 is 0 Å². The number of hydrogen-bond donors (Lipinski definition) is 1. The summed E-state index contributed by atoms with van der Waals surface area (Å²) in [6.07, 6.45) is 3.79. The first-order chi connectivity index (χ1) is 9.42. The maximum Gasteiger partial charge on any atom is 0.120 e. The van der Waals surface area contributed by atoms with Gasteiger partial charge in [0.1, 0.15) is 12.4 Å². The zero-order valence-corrected chi connectivity index (χ0v) is 12.7. The quantitative estimate of drug-likeness (QED) is 0.910. The van der Waals surface area contributed by atoms with Gasteiger partial charge < -0.3 is 10.1 Å². The van der Waals surface area contributed by atoms with Crippen LogP contribution in [0.5, 0.6) is 5.75 Å². The molecule has 0 radical (unpaired) electrons. The number of aryl methyl sites for hydroxylation is 1. The molecule has 0 atom stereocenters. The summed E-state index contributed by atoms with van der Waals surface area (Å²) in [7, 11) is 1.91.